The zero-order chi connectivity index (χ0) is 15.6. The van der Waals surface area contributed by atoms with Crippen molar-refractivity contribution in [2.75, 3.05) is 0 Å². The van der Waals surface area contributed by atoms with Gasteiger partial charge in [-0.05, 0) is 48.4 Å². The van der Waals surface area contributed by atoms with Crippen LogP contribution in [0.5, 0.6) is 0 Å². The van der Waals surface area contributed by atoms with Crippen LogP contribution in [0.4, 0.5) is 0 Å². The maximum absolute atomic E-state index is 2.32. The van der Waals surface area contributed by atoms with E-state index in [4.69, 9.17) is 0 Å². The van der Waals surface area contributed by atoms with E-state index in [1.807, 2.05) is 0 Å². The quantitative estimate of drug-likeness (QED) is 0.464. The predicted molar refractivity (Wildman–Crippen MR) is 97.5 cm³/mol. The van der Waals surface area contributed by atoms with Gasteiger partial charge in [0.1, 0.15) is 0 Å². The van der Waals surface area contributed by atoms with Crippen molar-refractivity contribution in [2.45, 2.75) is 65.2 Å². The van der Waals surface area contributed by atoms with Crippen LogP contribution in [-0.2, 0) is 12.8 Å². The normalized spacial score (nSPS) is 10.8. The second-order valence-corrected chi connectivity index (χ2v) is 6.39. The van der Waals surface area contributed by atoms with E-state index in [-0.39, 0.29) is 0 Å². The zero-order valence-electron chi connectivity index (χ0n) is 14.3. The Morgan fingerprint density at radius 3 is 1.95 bits per heavy atom. The Labute approximate surface area is 136 Å². The van der Waals surface area contributed by atoms with Gasteiger partial charge in [-0.15, -0.1) is 0 Å². The number of rotatable bonds is 9. The molecule has 0 fully saturated rings. The van der Waals surface area contributed by atoms with Gasteiger partial charge in [-0.2, -0.15) is 0 Å². The topological polar surface area (TPSA) is 0 Å². The average Bonchev–Trinajstić information content (AvgIpc) is 2.54. The predicted octanol–water partition coefficient (Wildman–Crippen LogP) is 6.49. The molecule has 0 aliphatic rings. The van der Waals surface area contributed by atoms with Gasteiger partial charge in [0.2, 0.25) is 0 Å². The van der Waals surface area contributed by atoms with Crippen LogP contribution in [0.25, 0.3) is 0 Å². The van der Waals surface area contributed by atoms with Crippen molar-refractivity contribution in [2.24, 2.45) is 0 Å². The van der Waals surface area contributed by atoms with Gasteiger partial charge in [0, 0.05) is 0 Å². The van der Waals surface area contributed by atoms with Gasteiger partial charge in [-0.25, -0.2) is 0 Å². The molecule has 0 aliphatic heterocycles. The second kappa shape index (κ2) is 9.46. The summed E-state index contributed by atoms with van der Waals surface area (Å²) in [7, 11) is 0. The third-order valence-corrected chi connectivity index (χ3v) is 4.56. The van der Waals surface area contributed by atoms with E-state index in [0.717, 1.165) is 6.42 Å². The molecule has 0 atom stereocenters. The number of benzene rings is 2. The zero-order valence-corrected chi connectivity index (χ0v) is 14.3. The summed E-state index contributed by atoms with van der Waals surface area (Å²) in [4.78, 5) is 0. The highest BCUT2D eigenvalue weighted by atomic mass is 14.1. The molecule has 0 radical (unpaired) electrons. The Balaban J connectivity index is 1.91. The third kappa shape index (κ3) is 5.33. The van der Waals surface area contributed by atoms with Gasteiger partial charge in [-0.3, -0.25) is 0 Å². The second-order valence-electron chi connectivity index (χ2n) is 6.39. The molecule has 0 aromatic heterocycles. The van der Waals surface area contributed by atoms with Crippen LogP contribution in [0, 0.1) is 6.92 Å². The average molecular weight is 294 g/mol. The van der Waals surface area contributed by atoms with Crippen molar-refractivity contribution >= 4 is 0 Å². The minimum atomic E-state index is 1.07. The van der Waals surface area contributed by atoms with E-state index in [1.54, 1.807) is 5.56 Å². The molecular formula is C22H30. The molecule has 2 rings (SSSR count). The first-order chi connectivity index (χ1) is 10.8. The lowest BCUT2D eigenvalue weighted by atomic mass is 9.94. The Morgan fingerprint density at radius 2 is 1.23 bits per heavy atom. The van der Waals surface area contributed by atoms with Crippen LogP contribution < -0.4 is 0 Å². The first-order valence-electron chi connectivity index (χ1n) is 8.92. The first-order valence-corrected chi connectivity index (χ1v) is 8.92. The molecule has 0 heteroatoms. The molecule has 0 amide bonds. The third-order valence-electron chi connectivity index (χ3n) is 4.56. The van der Waals surface area contributed by atoms with Gasteiger partial charge >= 0.3 is 0 Å². The van der Waals surface area contributed by atoms with E-state index in [9.17, 15) is 0 Å². The molecular weight excluding hydrogens is 264 g/mol. The van der Waals surface area contributed by atoms with Crippen molar-refractivity contribution in [3.63, 3.8) is 0 Å². The van der Waals surface area contributed by atoms with Crippen LogP contribution in [0.3, 0.4) is 0 Å². The van der Waals surface area contributed by atoms with Crippen LogP contribution >= 0.6 is 0 Å². The number of hydrogen-bond donors (Lipinski definition) is 0. The molecule has 0 unspecified atom stereocenters. The molecule has 0 nitrogen and oxygen atoms in total. The van der Waals surface area contributed by atoms with Crippen molar-refractivity contribution in [3.8, 4) is 0 Å². The number of hydrogen-bond acceptors (Lipinski definition) is 0. The molecule has 0 heterocycles. The maximum Gasteiger partial charge on any atom is -0.00204 e. The summed E-state index contributed by atoms with van der Waals surface area (Å²) in [5.74, 6) is 0. The fourth-order valence-corrected chi connectivity index (χ4v) is 3.08. The van der Waals surface area contributed by atoms with E-state index >= 15 is 0 Å². The van der Waals surface area contributed by atoms with Crippen LogP contribution in [0.1, 0.15) is 67.7 Å². The number of aryl methyl sites for hydroxylation is 2. The highest BCUT2D eigenvalue weighted by molar-refractivity contribution is 5.36. The Morgan fingerprint density at radius 1 is 0.636 bits per heavy atom. The summed E-state index contributed by atoms with van der Waals surface area (Å²) in [6, 6.07) is 17.7. The molecule has 22 heavy (non-hydrogen) atoms. The Hall–Kier alpha value is -1.56. The van der Waals surface area contributed by atoms with Gasteiger partial charge in [-0.1, -0.05) is 87.6 Å². The van der Waals surface area contributed by atoms with Gasteiger partial charge in [0.25, 0.3) is 0 Å². The molecule has 118 valence electrons. The van der Waals surface area contributed by atoms with Crippen molar-refractivity contribution in [1.29, 1.82) is 0 Å². The highest BCUT2D eigenvalue weighted by Crippen LogP contribution is 2.19. The standard InChI is InChI=1S/C22H30/c1-3-4-5-6-7-8-14-20-15-11-12-17-22(20)18-21-16-10-9-13-19(21)2/h9-13,15-17H,3-8,14,18H2,1-2H3. The molecule has 0 bridgehead atoms. The largest absolute Gasteiger partial charge is 0.0654 e. The summed E-state index contributed by atoms with van der Waals surface area (Å²) < 4.78 is 0. The minimum absolute atomic E-state index is 1.07. The molecule has 0 spiro atoms. The Bertz CT molecular complexity index is 553. The fourth-order valence-electron chi connectivity index (χ4n) is 3.08. The lowest BCUT2D eigenvalue weighted by Gasteiger charge is -2.11. The molecule has 2 aromatic rings. The SMILES string of the molecule is CCCCCCCCc1ccccc1Cc1ccccc1C. The molecule has 0 N–H and O–H groups in total. The molecule has 0 aliphatic carbocycles. The minimum Gasteiger partial charge on any atom is -0.0654 e. The lowest BCUT2D eigenvalue weighted by molar-refractivity contribution is 0.607. The van der Waals surface area contributed by atoms with E-state index in [0.29, 0.717) is 0 Å². The number of unbranched alkanes of at least 4 members (excludes halogenated alkanes) is 5. The molecule has 0 saturated heterocycles. The maximum atomic E-state index is 2.32. The molecule has 0 saturated carbocycles. The van der Waals surface area contributed by atoms with Crippen molar-refractivity contribution < 1.29 is 0 Å². The summed E-state index contributed by atoms with van der Waals surface area (Å²) in [5, 5.41) is 0. The van der Waals surface area contributed by atoms with Crippen LogP contribution in [-0.4, -0.2) is 0 Å². The van der Waals surface area contributed by atoms with Crippen LogP contribution in [0.15, 0.2) is 48.5 Å². The highest BCUT2D eigenvalue weighted by Gasteiger charge is 2.05. The van der Waals surface area contributed by atoms with Gasteiger partial charge in [0.05, 0.1) is 0 Å². The van der Waals surface area contributed by atoms with E-state index in [2.05, 4.69) is 62.4 Å². The van der Waals surface area contributed by atoms with E-state index < -0.39 is 0 Å². The first kappa shape index (κ1) is 16.8. The summed E-state index contributed by atoms with van der Waals surface area (Å²) in [6.45, 7) is 4.49. The van der Waals surface area contributed by atoms with Crippen LogP contribution in [0.2, 0.25) is 0 Å². The smallest absolute Gasteiger partial charge is 0.00204 e. The summed E-state index contributed by atoms with van der Waals surface area (Å²) >= 11 is 0. The van der Waals surface area contributed by atoms with Gasteiger partial charge in [0.15, 0.2) is 0 Å². The monoisotopic (exact) mass is 294 g/mol. The fraction of sp³-hybridized carbons (Fsp3) is 0.455. The lowest BCUT2D eigenvalue weighted by Crippen LogP contribution is -1.97. The summed E-state index contributed by atoms with van der Waals surface area (Å²) in [5.41, 5.74) is 5.90. The Kier molecular flexibility index (Phi) is 7.22. The molecule has 2 aromatic carbocycles. The van der Waals surface area contributed by atoms with Gasteiger partial charge < -0.3 is 0 Å². The van der Waals surface area contributed by atoms with Crippen molar-refractivity contribution in [3.05, 3.63) is 70.8 Å². The van der Waals surface area contributed by atoms with Crippen molar-refractivity contribution in [1.82, 2.24) is 0 Å². The van der Waals surface area contributed by atoms with E-state index in [1.165, 1.54) is 61.6 Å². The summed E-state index contributed by atoms with van der Waals surface area (Å²) in [6.07, 6.45) is 10.5.